The monoisotopic (exact) mass is 382 g/mol. The maximum absolute atomic E-state index is 13.3. The van der Waals surface area contributed by atoms with Gasteiger partial charge in [-0.3, -0.25) is 9.78 Å². The van der Waals surface area contributed by atoms with E-state index in [0.29, 0.717) is 22.0 Å². The first-order valence-electron chi connectivity index (χ1n) is 8.91. The van der Waals surface area contributed by atoms with Crippen LogP contribution in [0.25, 0.3) is 10.9 Å². The number of aromatic nitrogens is 1. The molecule has 0 fully saturated rings. The number of nitrogens with one attached hydrogen (secondary N) is 1. The van der Waals surface area contributed by atoms with E-state index in [1.807, 2.05) is 33.8 Å². The molecule has 0 aliphatic carbocycles. The van der Waals surface area contributed by atoms with Gasteiger partial charge in [0.1, 0.15) is 5.75 Å². The van der Waals surface area contributed by atoms with Crippen molar-refractivity contribution in [3.05, 3.63) is 63.3 Å². The Morgan fingerprint density at radius 3 is 2.59 bits per heavy atom. The average Bonchev–Trinajstić information content (AvgIpc) is 2.61. The van der Waals surface area contributed by atoms with Gasteiger partial charge >= 0.3 is 0 Å². The number of anilines is 1. The first kappa shape index (κ1) is 19.2. The summed E-state index contributed by atoms with van der Waals surface area (Å²) in [6, 6.07) is 9.26. The quantitative estimate of drug-likeness (QED) is 0.635. The molecule has 0 saturated carbocycles. The van der Waals surface area contributed by atoms with Gasteiger partial charge in [0.2, 0.25) is 0 Å². The summed E-state index contributed by atoms with van der Waals surface area (Å²) >= 11 is 6.10. The molecule has 0 spiro atoms. The third-order valence-electron chi connectivity index (χ3n) is 4.74. The molecule has 0 radical (unpaired) electrons. The molecule has 4 nitrogen and oxygen atoms in total. The number of nitrogens with zero attached hydrogens (tertiary/aromatic N) is 1. The SMILES string of the molecule is CCc1nc2c(C)cc(C)cc2c(C(=O)Nc2cc(Cl)ccc2OC)c1C. The smallest absolute Gasteiger partial charge is 0.256 e. The maximum atomic E-state index is 13.3. The van der Waals surface area contributed by atoms with Crippen molar-refractivity contribution in [1.82, 2.24) is 4.98 Å². The fourth-order valence-corrected chi connectivity index (χ4v) is 3.64. The molecule has 3 aromatic rings. The van der Waals surface area contributed by atoms with Gasteiger partial charge in [0.05, 0.1) is 23.9 Å². The second kappa shape index (κ2) is 7.57. The van der Waals surface area contributed by atoms with Gasteiger partial charge in [-0.1, -0.05) is 30.2 Å². The average molecular weight is 383 g/mol. The molecule has 0 saturated heterocycles. The predicted molar refractivity (Wildman–Crippen MR) is 111 cm³/mol. The minimum absolute atomic E-state index is 0.194. The molecular weight excluding hydrogens is 360 g/mol. The van der Waals surface area contributed by atoms with Gasteiger partial charge < -0.3 is 10.1 Å². The van der Waals surface area contributed by atoms with Crippen LogP contribution >= 0.6 is 11.6 Å². The van der Waals surface area contributed by atoms with Gasteiger partial charge in [0.15, 0.2) is 0 Å². The van der Waals surface area contributed by atoms with Gasteiger partial charge in [-0.2, -0.15) is 0 Å². The summed E-state index contributed by atoms with van der Waals surface area (Å²) < 4.78 is 5.35. The van der Waals surface area contributed by atoms with E-state index in [2.05, 4.69) is 11.4 Å². The minimum Gasteiger partial charge on any atom is -0.495 e. The van der Waals surface area contributed by atoms with Crippen LogP contribution in [0.4, 0.5) is 5.69 Å². The van der Waals surface area contributed by atoms with E-state index >= 15 is 0 Å². The van der Waals surface area contributed by atoms with E-state index in [1.54, 1.807) is 25.3 Å². The number of methoxy groups -OCH3 is 1. The highest BCUT2D eigenvalue weighted by Crippen LogP contribution is 2.31. The Labute approximate surface area is 164 Å². The number of halogens is 1. The fourth-order valence-electron chi connectivity index (χ4n) is 3.46. The lowest BCUT2D eigenvalue weighted by atomic mass is 9.96. The first-order valence-corrected chi connectivity index (χ1v) is 9.28. The molecule has 140 valence electrons. The van der Waals surface area contributed by atoms with Gasteiger partial charge in [-0.25, -0.2) is 0 Å². The largest absolute Gasteiger partial charge is 0.495 e. The van der Waals surface area contributed by atoms with Crippen molar-refractivity contribution in [2.24, 2.45) is 0 Å². The third kappa shape index (κ3) is 3.62. The molecule has 5 heteroatoms. The summed E-state index contributed by atoms with van der Waals surface area (Å²) in [7, 11) is 1.56. The van der Waals surface area contributed by atoms with Crippen LogP contribution in [0.15, 0.2) is 30.3 Å². The Morgan fingerprint density at radius 1 is 1.19 bits per heavy atom. The van der Waals surface area contributed by atoms with Crippen molar-refractivity contribution >= 4 is 34.1 Å². The number of rotatable bonds is 4. The molecule has 1 aromatic heterocycles. The highest BCUT2D eigenvalue weighted by molar-refractivity contribution is 6.31. The Bertz CT molecular complexity index is 1040. The molecule has 0 bridgehead atoms. The second-order valence-corrected chi connectivity index (χ2v) is 7.13. The molecule has 27 heavy (non-hydrogen) atoms. The summed E-state index contributed by atoms with van der Waals surface area (Å²) in [4.78, 5) is 18.1. The zero-order valence-electron chi connectivity index (χ0n) is 16.2. The number of benzene rings is 2. The molecule has 1 amide bonds. The second-order valence-electron chi connectivity index (χ2n) is 6.69. The highest BCUT2D eigenvalue weighted by Gasteiger charge is 2.20. The Hall–Kier alpha value is -2.59. The van der Waals surface area contributed by atoms with Crippen molar-refractivity contribution in [3.8, 4) is 5.75 Å². The van der Waals surface area contributed by atoms with Gasteiger partial charge in [-0.15, -0.1) is 0 Å². The molecule has 0 atom stereocenters. The van der Waals surface area contributed by atoms with Crippen molar-refractivity contribution in [2.75, 3.05) is 12.4 Å². The molecule has 2 aromatic carbocycles. The van der Waals surface area contributed by atoms with Gasteiger partial charge in [-0.05, 0) is 62.6 Å². The van der Waals surface area contributed by atoms with Crippen LogP contribution in [0, 0.1) is 20.8 Å². The molecule has 3 rings (SSSR count). The molecule has 0 aliphatic rings. The number of ether oxygens (including phenoxy) is 1. The predicted octanol–water partition coefficient (Wildman–Crippen LogP) is 5.64. The van der Waals surface area contributed by atoms with E-state index in [0.717, 1.165) is 39.7 Å². The van der Waals surface area contributed by atoms with E-state index in [-0.39, 0.29) is 5.91 Å². The lowest BCUT2D eigenvalue weighted by Crippen LogP contribution is -2.16. The van der Waals surface area contributed by atoms with E-state index in [1.165, 1.54) is 0 Å². The number of hydrogen-bond donors (Lipinski definition) is 1. The van der Waals surface area contributed by atoms with E-state index in [4.69, 9.17) is 21.3 Å². The van der Waals surface area contributed by atoms with Crippen molar-refractivity contribution in [2.45, 2.75) is 34.1 Å². The molecular formula is C22H23ClN2O2. The number of aryl methyl sites for hydroxylation is 3. The first-order chi connectivity index (χ1) is 12.8. The zero-order chi connectivity index (χ0) is 19.7. The highest BCUT2D eigenvalue weighted by atomic mass is 35.5. The summed E-state index contributed by atoms with van der Waals surface area (Å²) in [5, 5.41) is 4.36. The van der Waals surface area contributed by atoms with Crippen LogP contribution in [0.2, 0.25) is 5.02 Å². The number of carbonyl (C=O) groups excluding carboxylic acids is 1. The summed E-state index contributed by atoms with van der Waals surface area (Å²) in [5.41, 5.74) is 6.04. The number of fused-ring (bicyclic) bond motifs is 1. The summed E-state index contributed by atoms with van der Waals surface area (Å²) in [6.45, 7) is 8.05. The Kier molecular flexibility index (Phi) is 5.38. The molecule has 0 aliphatic heterocycles. The maximum Gasteiger partial charge on any atom is 0.256 e. The Balaban J connectivity index is 2.19. The Morgan fingerprint density at radius 2 is 1.93 bits per heavy atom. The van der Waals surface area contributed by atoms with Crippen LogP contribution in [0.5, 0.6) is 5.75 Å². The summed E-state index contributed by atoms with van der Waals surface area (Å²) in [6.07, 6.45) is 0.760. The standard InChI is InChI=1S/C22H23ClN2O2/c1-6-17-14(4)20(16-10-12(2)9-13(3)21(16)24-17)22(26)25-18-11-15(23)7-8-19(18)27-5/h7-11H,6H2,1-5H3,(H,25,26). The lowest BCUT2D eigenvalue weighted by molar-refractivity contribution is 0.102. The van der Waals surface area contributed by atoms with Gasteiger partial charge in [0.25, 0.3) is 5.91 Å². The van der Waals surface area contributed by atoms with Crippen LogP contribution in [-0.2, 0) is 6.42 Å². The lowest BCUT2D eigenvalue weighted by Gasteiger charge is -2.17. The van der Waals surface area contributed by atoms with Crippen LogP contribution in [0.3, 0.4) is 0 Å². The van der Waals surface area contributed by atoms with Crippen molar-refractivity contribution in [3.63, 3.8) is 0 Å². The van der Waals surface area contributed by atoms with Crippen molar-refractivity contribution < 1.29 is 9.53 Å². The number of amides is 1. The third-order valence-corrected chi connectivity index (χ3v) is 4.98. The van der Waals surface area contributed by atoms with Crippen LogP contribution in [-0.4, -0.2) is 18.0 Å². The van der Waals surface area contributed by atoms with Crippen LogP contribution < -0.4 is 10.1 Å². The topological polar surface area (TPSA) is 51.2 Å². The van der Waals surface area contributed by atoms with E-state index < -0.39 is 0 Å². The molecule has 0 unspecified atom stereocenters. The van der Waals surface area contributed by atoms with E-state index in [9.17, 15) is 4.79 Å². The fraction of sp³-hybridized carbons (Fsp3) is 0.273. The number of pyridine rings is 1. The normalized spacial score (nSPS) is 10.9. The van der Waals surface area contributed by atoms with Crippen LogP contribution in [0.1, 0.15) is 39.7 Å². The van der Waals surface area contributed by atoms with Crippen molar-refractivity contribution in [1.29, 1.82) is 0 Å². The van der Waals surface area contributed by atoms with Gasteiger partial charge in [0, 0.05) is 16.1 Å². The summed E-state index contributed by atoms with van der Waals surface area (Å²) in [5.74, 6) is 0.368. The number of hydrogen-bond acceptors (Lipinski definition) is 3. The zero-order valence-corrected chi connectivity index (χ0v) is 17.0. The minimum atomic E-state index is -0.194. The molecule has 1 N–H and O–H groups in total. The molecule has 1 heterocycles. The number of carbonyl (C=O) groups is 1.